The van der Waals surface area contributed by atoms with Gasteiger partial charge < -0.3 is 15.5 Å². The van der Waals surface area contributed by atoms with Gasteiger partial charge in [0.1, 0.15) is 5.69 Å². The molecule has 2 amide bonds. The first-order chi connectivity index (χ1) is 10.1. The van der Waals surface area contributed by atoms with Crippen LogP contribution in [0, 0.1) is 0 Å². The molecule has 1 atom stereocenters. The average molecular weight is 290 g/mol. The SMILES string of the molecule is CCCC(N)C(=O)N1CCN(C(=O)c2ccccn2)CC1. The number of pyridine rings is 1. The van der Waals surface area contributed by atoms with E-state index in [1.165, 1.54) is 0 Å². The fraction of sp³-hybridized carbons (Fsp3) is 0.533. The molecule has 2 N–H and O–H groups in total. The topological polar surface area (TPSA) is 79.5 Å². The number of aromatic nitrogens is 1. The van der Waals surface area contributed by atoms with Crippen LogP contribution in [0.2, 0.25) is 0 Å². The summed E-state index contributed by atoms with van der Waals surface area (Å²) in [6.45, 7) is 4.14. The Labute approximate surface area is 124 Å². The van der Waals surface area contributed by atoms with Crippen molar-refractivity contribution >= 4 is 11.8 Å². The standard InChI is InChI=1S/C15H22N4O2/c1-2-5-12(16)14(20)18-8-10-19(11-9-18)15(21)13-6-3-4-7-17-13/h3-4,6-7,12H,2,5,8-11,16H2,1H3. The number of nitrogens with two attached hydrogens (primary N) is 1. The molecule has 1 aromatic rings. The van der Waals surface area contributed by atoms with Gasteiger partial charge in [0.25, 0.3) is 5.91 Å². The van der Waals surface area contributed by atoms with Crippen LogP contribution in [0.25, 0.3) is 0 Å². The van der Waals surface area contributed by atoms with Gasteiger partial charge in [-0.15, -0.1) is 0 Å². The highest BCUT2D eigenvalue weighted by molar-refractivity contribution is 5.92. The van der Waals surface area contributed by atoms with Crippen molar-refractivity contribution in [1.82, 2.24) is 14.8 Å². The fourth-order valence-electron chi connectivity index (χ4n) is 2.45. The van der Waals surface area contributed by atoms with Crippen LogP contribution in [0.1, 0.15) is 30.3 Å². The first-order valence-electron chi connectivity index (χ1n) is 7.38. The lowest BCUT2D eigenvalue weighted by Crippen LogP contribution is -2.54. The van der Waals surface area contributed by atoms with E-state index in [9.17, 15) is 9.59 Å². The van der Waals surface area contributed by atoms with Gasteiger partial charge in [0.15, 0.2) is 0 Å². The third-order valence-electron chi connectivity index (χ3n) is 3.68. The highest BCUT2D eigenvalue weighted by Gasteiger charge is 2.27. The van der Waals surface area contributed by atoms with Crippen LogP contribution in [-0.4, -0.2) is 58.8 Å². The summed E-state index contributed by atoms with van der Waals surface area (Å²) < 4.78 is 0. The Morgan fingerprint density at radius 3 is 2.48 bits per heavy atom. The molecule has 0 spiro atoms. The second-order valence-electron chi connectivity index (χ2n) is 5.23. The molecule has 1 fully saturated rings. The molecule has 0 aromatic carbocycles. The summed E-state index contributed by atoms with van der Waals surface area (Å²) in [4.78, 5) is 31.9. The Balaban J connectivity index is 1.89. The number of hydrogen-bond donors (Lipinski definition) is 1. The molecule has 21 heavy (non-hydrogen) atoms. The summed E-state index contributed by atoms with van der Waals surface area (Å²) in [5.41, 5.74) is 6.31. The van der Waals surface area contributed by atoms with E-state index in [1.807, 2.05) is 6.92 Å². The van der Waals surface area contributed by atoms with Crippen LogP contribution in [0.3, 0.4) is 0 Å². The average Bonchev–Trinajstić information content (AvgIpc) is 2.54. The molecule has 1 saturated heterocycles. The second-order valence-corrected chi connectivity index (χ2v) is 5.23. The summed E-state index contributed by atoms with van der Waals surface area (Å²) in [6.07, 6.45) is 3.20. The molecule has 1 aromatic heterocycles. The first-order valence-corrected chi connectivity index (χ1v) is 7.38. The van der Waals surface area contributed by atoms with Crippen LogP contribution >= 0.6 is 0 Å². The first kappa shape index (κ1) is 15.4. The highest BCUT2D eigenvalue weighted by Crippen LogP contribution is 2.09. The van der Waals surface area contributed by atoms with E-state index in [1.54, 1.807) is 34.2 Å². The van der Waals surface area contributed by atoms with Crippen LogP contribution in [0.4, 0.5) is 0 Å². The smallest absolute Gasteiger partial charge is 0.272 e. The fourth-order valence-corrected chi connectivity index (χ4v) is 2.45. The summed E-state index contributed by atoms with van der Waals surface area (Å²) >= 11 is 0. The van der Waals surface area contributed by atoms with Crippen molar-refractivity contribution in [2.24, 2.45) is 5.73 Å². The zero-order valence-corrected chi connectivity index (χ0v) is 12.4. The third-order valence-corrected chi connectivity index (χ3v) is 3.68. The number of hydrogen-bond acceptors (Lipinski definition) is 4. The molecular weight excluding hydrogens is 268 g/mol. The van der Waals surface area contributed by atoms with Crippen molar-refractivity contribution in [3.63, 3.8) is 0 Å². The van der Waals surface area contributed by atoms with E-state index in [-0.39, 0.29) is 11.8 Å². The van der Waals surface area contributed by atoms with Gasteiger partial charge in [-0.05, 0) is 18.6 Å². The van der Waals surface area contributed by atoms with E-state index in [2.05, 4.69) is 4.98 Å². The van der Waals surface area contributed by atoms with Crippen molar-refractivity contribution in [3.8, 4) is 0 Å². The predicted molar refractivity (Wildman–Crippen MR) is 79.6 cm³/mol. The molecule has 0 radical (unpaired) electrons. The van der Waals surface area contributed by atoms with Crippen molar-refractivity contribution in [3.05, 3.63) is 30.1 Å². The molecule has 1 aliphatic rings. The minimum absolute atomic E-state index is 0.0122. The zero-order valence-electron chi connectivity index (χ0n) is 12.4. The minimum atomic E-state index is -0.423. The van der Waals surface area contributed by atoms with Crippen LogP contribution < -0.4 is 5.73 Å². The third kappa shape index (κ3) is 3.78. The number of carbonyl (C=O) groups excluding carboxylic acids is 2. The zero-order chi connectivity index (χ0) is 15.2. The molecule has 6 heteroatoms. The normalized spacial score (nSPS) is 16.7. The van der Waals surface area contributed by atoms with Gasteiger partial charge in [-0.1, -0.05) is 19.4 Å². The van der Waals surface area contributed by atoms with E-state index in [0.717, 1.165) is 6.42 Å². The number of carbonyl (C=O) groups is 2. The highest BCUT2D eigenvalue weighted by atomic mass is 16.2. The van der Waals surface area contributed by atoms with Crippen molar-refractivity contribution in [2.75, 3.05) is 26.2 Å². The number of rotatable bonds is 4. The Morgan fingerprint density at radius 1 is 1.24 bits per heavy atom. The Bertz CT molecular complexity index is 484. The largest absolute Gasteiger partial charge is 0.338 e. The summed E-state index contributed by atoms with van der Waals surface area (Å²) in [5.74, 6) is -0.0951. The quantitative estimate of drug-likeness (QED) is 0.875. The molecule has 0 saturated carbocycles. The van der Waals surface area contributed by atoms with Crippen molar-refractivity contribution in [2.45, 2.75) is 25.8 Å². The summed E-state index contributed by atoms with van der Waals surface area (Å²) in [6, 6.07) is 4.86. The Kier molecular flexibility index (Phi) is 5.27. The molecule has 0 bridgehead atoms. The maximum atomic E-state index is 12.2. The lowest BCUT2D eigenvalue weighted by Gasteiger charge is -2.35. The lowest BCUT2D eigenvalue weighted by atomic mass is 10.1. The molecular formula is C15H22N4O2. The van der Waals surface area contributed by atoms with E-state index in [0.29, 0.717) is 38.3 Å². The van der Waals surface area contributed by atoms with Gasteiger partial charge in [-0.3, -0.25) is 14.6 Å². The number of amides is 2. The lowest BCUT2D eigenvalue weighted by molar-refractivity contribution is -0.134. The summed E-state index contributed by atoms with van der Waals surface area (Å²) in [7, 11) is 0. The maximum Gasteiger partial charge on any atom is 0.272 e. The van der Waals surface area contributed by atoms with Gasteiger partial charge in [-0.2, -0.15) is 0 Å². The molecule has 1 aliphatic heterocycles. The Morgan fingerprint density at radius 2 is 1.90 bits per heavy atom. The van der Waals surface area contributed by atoms with Gasteiger partial charge in [0, 0.05) is 32.4 Å². The van der Waals surface area contributed by atoms with E-state index >= 15 is 0 Å². The van der Waals surface area contributed by atoms with Crippen LogP contribution in [0.5, 0.6) is 0 Å². The summed E-state index contributed by atoms with van der Waals surface area (Å²) in [5, 5.41) is 0. The number of nitrogens with zero attached hydrogens (tertiary/aromatic N) is 3. The molecule has 114 valence electrons. The van der Waals surface area contributed by atoms with Gasteiger partial charge in [0.2, 0.25) is 5.91 Å². The van der Waals surface area contributed by atoms with Gasteiger partial charge >= 0.3 is 0 Å². The molecule has 1 unspecified atom stereocenters. The van der Waals surface area contributed by atoms with E-state index in [4.69, 9.17) is 5.73 Å². The van der Waals surface area contributed by atoms with Crippen LogP contribution in [0.15, 0.2) is 24.4 Å². The molecule has 2 heterocycles. The molecule has 2 rings (SSSR count). The van der Waals surface area contributed by atoms with Crippen molar-refractivity contribution < 1.29 is 9.59 Å². The molecule has 0 aliphatic carbocycles. The monoisotopic (exact) mass is 290 g/mol. The molecule has 6 nitrogen and oxygen atoms in total. The maximum absolute atomic E-state index is 12.2. The predicted octanol–water partition coefficient (Wildman–Crippen LogP) is 0.493. The van der Waals surface area contributed by atoms with Gasteiger partial charge in [0.05, 0.1) is 6.04 Å². The minimum Gasteiger partial charge on any atom is -0.338 e. The second kappa shape index (κ2) is 7.17. The van der Waals surface area contributed by atoms with E-state index < -0.39 is 6.04 Å². The number of piperazine rings is 1. The Hall–Kier alpha value is -1.95. The van der Waals surface area contributed by atoms with Crippen LogP contribution in [-0.2, 0) is 4.79 Å². The van der Waals surface area contributed by atoms with Crippen molar-refractivity contribution in [1.29, 1.82) is 0 Å². The van der Waals surface area contributed by atoms with Gasteiger partial charge in [-0.25, -0.2) is 0 Å².